The molecule has 0 radical (unpaired) electrons. The minimum absolute atomic E-state index is 0.195. The van der Waals surface area contributed by atoms with Crippen LogP contribution in [0.1, 0.15) is 17.0 Å². The summed E-state index contributed by atoms with van der Waals surface area (Å²) in [5, 5.41) is 4.12. The Morgan fingerprint density at radius 1 is 1.25 bits per heavy atom. The molecule has 1 heterocycles. The van der Waals surface area contributed by atoms with Crippen LogP contribution in [0.2, 0.25) is 0 Å². The van der Waals surface area contributed by atoms with Gasteiger partial charge in [0.25, 0.3) is 10.0 Å². The van der Waals surface area contributed by atoms with Gasteiger partial charge in [0.05, 0.1) is 22.8 Å². The molecule has 0 bridgehead atoms. The van der Waals surface area contributed by atoms with Crippen molar-refractivity contribution in [3.05, 3.63) is 35.2 Å². The third-order valence-corrected chi connectivity index (χ3v) is 4.78. The van der Waals surface area contributed by atoms with E-state index in [1.807, 2.05) is 13.0 Å². The molecular weight excluding hydrogens is 276 g/mol. The molecule has 108 valence electrons. The molecule has 0 aliphatic carbocycles. The smallest absolute Gasteiger partial charge is 0.265 e. The molecule has 2 rings (SSSR count). The number of anilines is 2. The van der Waals surface area contributed by atoms with Crippen molar-refractivity contribution in [3.63, 3.8) is 0 Å². The van der Waals surface area contributed by atoms with E-state index in [9.17, 15) is 8.42 Å². The molecule has 0 aliphatic rings. The van der Waals surface area contributed by atoms with Crippen LogP contribution in [-0.2, 0) is 17.1 Å². The van der Waals surface area contributed by atoms with E-state index in [0.29, 0.717) is 22.8 Å². The van der Waals surface area contributed by atoms with Crippen LogP contribution in [0.4, 0.5) is 11.4 Å². The molecule has 20 heavy (non-hydrogen) atoms. The molecule has 7 heteroatoms. The van der Waals surface area contributed by atoms with Gasteiger partial charge in [-0.05, 0) is 38.5 Å². The van der Waals surface area contributed by atoms with Crippen LogP contribution < -0.4 is 10.5 Å². The summed E-state index contributed by atoms with van der Waals surface area (Å²) in [6, 6.07) is 5.21. The van der Waals surface area contributed by atoms with E-state index in [4.69, 9.17) is 5.73 Å². The fraction of sp³-hybridized carbons (Fsp3) is 0.308. The highest BCUT2D eigenvalue weighted by Crippen LogP contribution is 2.26. The Morgan fingerprint density at radius 2 is 1.90 bits per heavy atom. The molecule has 0 unspecified atom stereocenters. The van der Waals surface area contributed by atoms with Crippen LogP contribution in [0.5, 0.6) is 0 Å². The summed E-state index contributed by atoms with van der Waals surface area (Å²) >= 11 is 0. The number of aryl methyl sites for hydroxylation is 3. The fourth-order valence-electron chi connectivity index (χ4n) is 2.10. The van der Waals surface area contributed by atoms with Gasteiger partial charge in [0, 0.05) is 7.05 Å². The average Bonchev–Trinajstić information content (AvgIpc) is 2.58. The highest BCUT2D eigenvalue weighted by Gasteiger charge is 2.24. The predicted molar refractivity (Wildman–Crippen MR) is 79.1 cm³/mol. The zero-order valence-corrected chi connectivity index (χ0v) is 12.7. The van der Waals surface area contributed by atoms with Crippen LogP contribution in [0.15, 0.2) is 23.1 Å². The largest absolute Gasteiger partial charge is 0.397 e. The van der Waals surface area contributed by atoms with Crippen LogP contribution in [0.3, 0.4) is 0 Å². The van der Waals surface area contributed by atoms with E-state index in [-0.39, 0.29) is 4.90 Å². The van der Waals surface area contributed by atoms with Gasteiger partial charge >= 0.3 is 0 Å². The van der Waals surface area contributed by atoms with E-state index in [0.717, 1.165) is 5.56 Å². The number of hydrogen-bond donors (Lipinski definition) is 2. The fourth-order valence-corrected chi connectivity index (χ4v) is 3.62. The summed E-state index contributed by atoms with van der Waals surface area (Å²) in [4.78, 5) is 0.195. The Morgan fingerprint density at radius 3 is 2.45 bits per heavy atom. The van der Waals surface area contributed by atoms with Crippen molar-refractivity contribution in [3.8, 4) is 0 Å². The number of hydrogen-bond acceptors (Lipinski definition) is 4. The Labute approximate surface area is 118 Å². The van der Waals surface area contributed by atoms with Crippen molar-refractivity contribution in [1.82, 2.24) is 9.78 Å². The lowest BCUT2D eigenvalue weighted by atomic mass is 10.2. The van der Waals surface area contributed by atoms with E-state index < -0.39 is 10.0 Å². The topological polar surface area (TPSA) is 90.0 Å². The normalized spacial score (nSPS) is 11.6. The molecule has 0 saturated carbocycles. The summed E-state index contributed by atoms with van der Waals surface area (Å²) in [6.07, 6.45) is 0. The maximum atomic E-state index is 12.5. The zero-order chi connectivity index (χ0) is 15.1. The van der Waals surface area contributed by atoms with Gasteiger partial charge in [0.15, 0.2) is 0 Å². The second-order valence-corrected chi connectivity index (χ2v) is 6.44. The first-order chi connectivity index (χ1) is 9.22. The van der Waals surface area contributed by atoms with Crippen molar-refractivity contribution in [2.24, 2.45) is 7.05 Å². The van der Waals surface area contributed by atoms with Crippen LogP contribution in [-0.4, -0.2) is 18.2 Å². The maximum Gasteiger partial charge on any atom is 0.265 e. The van der Waals surface area contributed by atoms with Crippen molar-refractivity contribution in [1.29, 1.82) is 0 Å². The molecule has 0 amide bonds. The third-order valence-electron chi connectivity index (χ3n) is 3.16. The zero-order valence-electron chi connectivity index (χ0n) is 11.9. The van der Waals surface area contributed by atoms with Gasteiger partial charge in [-0.15, -0.1) is 0 Å². The quantitative estimate of drug-likeness (QED) is 0.844. The molecule has 1 aromatic heterocycles. The highest BCUT2D eigenvalue weighted by atomic mass is 32.2. The van der Waals surface area contributed by atoms with Crippen LogP contribution in [0, 0.1) is 20.8 Å². The number of aromatic nitrogens is 2. The minimum atomic E-state index is -3.71. The maximum absolute atomic E-state index is 12.5. The Hall–Kier alpha value is -2.02. The monoisotopic (exact) mass is 294 g/mol. The Balaban J connectivity index is 2.49. The first kappa shape index (κ1) is 14.4. The molecule has 0 saturated heterocycles. The van der Waals surface area contributed by atoms with Gasteiger partial charge in [-0.1, -0.05) is 6.07 Å². The Bertz CT molecular complexity index is 763. The van der Waals surface area contributed by atoms with Gasteiger partial charge in [-0.25, -0.2) is 8.42 Å². The van der Waals surface area contributed by atoms with Crippen LogP contribution >= 0.6 is 0 Å². The molecule has 0 spiro atoms. The second kappa shape index (κ2) is 4.82. The molecule has 6 nitrogen and oxygen atoms in total. The number of rotatable bonds is 3. The lowest BCUT2D eigenvalue weighted by Crippen LogP contribution is -2.16. The predicted octanol–water partition coefficient (Wildman–Crippen LogP) is 1.73. The molecule has 3 N–H and O–H groups in total. The van der Waals surface area contributed by atoms with E-state index in [2.05, 4.69) is 9.82 Å². The number of benzene rings is 1. The lowest BCUT2D eigenvalue weighted by Gasteiger charge is -2.11. The number of nitrogens with two attached hydrogens (primary N) is 1. The van der Waals surface area contributed by atoms with E-state index >= 15 is 0 Å². The summed E-state index contributed by atoms with van der Waals surface area (Å²) in [7, 11) is -2.00. The number of sulfonamides is 1. The van der Waals surface area contributed by atoms with E-state index in [1.54, 1.807) is 37.7 Å². The van der Waals surface area contributed by atoms with Gasteiger partial charge in [-0.3, -0.25) is 9.40 Å². The van der Waals surface area contributed by atoms with E-state index in [1.165, 1.54) is 0 Å². The molecule has 1 aromatic carbocycles. The third kappa shape index (κ3) is 2.49. The van der Waals surface area contributed by atoms with Gasteiger partial charge in [0.2, 0.25) is 0 Å². The van der Waals surface area contributed by atoms with Crippen molar-refractivity contribution < 1.29 is 8.42 Å². The van der Waals surface area contributed by atoms with Crippen molar-refractivity contribution >= 4 is 21.4 Å². The van der Waals surface area contributed by atoms with Gasteiger partial charge in [-0.2, -0.15) is 5.10 Å². The highest BCUT2D eigenvalue weighted by molar-refractivity contribution is 7.92. The summed E-state index contributed by atoms with van der Waals surface area (Å²) in [5.74, 6) is 0. The SMILES string of the molecule is Cc1ccc(N)c(NS(=O)(=O)c2c(C)nn(C)c2C)c1. The second-order valence-electron chi connectivity index (χ2n) is 4.82. The summed E-state index contributed by atoms with van der Waals surface area (Å²) in [6.45, 7) is 5.26. The number of nitrogen functional groups attached to an aromatic ring is 1. The summed E-state index contributed by atoms with van der Waals surface area (Å²) in [5.41, 5.74) is 8.55. The van der Waals surface area contributed by atoms with Crippen LogP contribution in [0.25, 0.3) is 0 Å². The first-order valence-corrected chi connectivity index (χ1v) is 7.60. The Kier molecular flexibility index (Phi) is 3.47. The van der Waals surface area contributed by atoms with Gasteiger partial charge < -0.3 is 5.73 Å². The van der Waals surface area contributed by atoms with Gasteiger partial charge in [0.1, 0.15) is 4.90 Å². The number of nitrogens with zero attached hydrogens (tertiary/aromatic N) is 2. The minimum Gasteiger partial charge on any atom is -0.397 e. The summed E-state index contributed by atoms with van der Waals surface area (Å²) < 4.78 is 29.1. The molecule has 0 fully saturated rings. The molecule has 0 atom stereocenters. The first-order valence-electron chi connectivity index (χ1n) is 6.11. The molecule has 0 aliphatic heterocycles. The van der Waals surface area contributed by atoms with Crippen molar-refractivity contribution in [2.45, 2.75) is 25.7 Å². The number of nitrogens with one attached hydrogen (secondary N) is 1. The standard InChI is InChI=1S/C13H18N4O2S/c1-8-5-6-11(14)12(7-8)16-20(18,19)13-9(2)15-17(4)10(13)3/h5-7,16H,14H2,1-4H3. The lowest BCUT2D eigenvalue weighted by molar-refractivity contribution is 0.599. The average molecular weight is 294 g/mol. The van der Waals surface area contributed by atoms with Crippen molar-refractivity contribution in [2.75, 3.05) is 10.5 Å². The molecule has 2 aromatic rings. The molecular formula is C13H18N4O2S.